The number of hydrazine groups is 1. The van der Waals surface area contributed by atoms with Gasteiger partial charge in [-0.25, -0.2) is 10.2 Å². The van der Waals surface area contributed by atoms with Crippen molar-refractivity contribution in [3.8, 4) is 0 Å². The van der Waals surface area contributed by atoms with Gasteiger partial charge in [-0.05, 0) is 24.5 Å². The number of rotatable bonds is 2. The maximum absolute atomic E-state index is 11.6. The molecule has 0 fully saturated rings. The molecule has 0 aromatic heterocycles. The van der Waals surface area contributed by atoms with Gasteiger partial charge in [0.25, 0.3) is 5.91 Å². The molecule has 0 saturated heterocycles. The summed E-state index contributed by atoms with van der Waals surface area (Å²) in [6.45, 7) is 0. The van der Waals surface area contributed by atoms with Crippen molar-refractivity contribution in [2.45, 2.75) is 4.90 Å². The van der Waals surface area contributed by atoms with Gasteiger partial charge in [-0.1, -0.05) is 11.6 Å². The highest BCUT2D eigenvalue weighted by Gasteiger charge is 2.11. The largest absolute Gasteiger partial charge is 0.350 e. The molecule has 3 amide bonds. The molecule has 1 aromatic rings. The van der Waals surface area contributed by atoms with Crippen LogP contribution in [0.4, 0.5) is 4.79 Å². The highest BCUT2D eigenvalue weighted by atomic mass is 35.5. The van der Waals surface area contributed by atoms with Crippen LogP contribution in [0.15, 0.2) is 23.1 Å². The van der Waals surface area contributed by atoms with E-state index in [1.807, 2.05) is 11.7 Å². The van der Waals surface area contributed by atoms with E-state index < -0.39 is 11.9 Å². The standard InChI is InChI=1S/C9H10ClN3O2S/c1-16-5-2-3-7(10)6(4-5)8(14)12-13-9(11)15/h2-4H,1H3,(H,12,14)(H3,11,13,15). The molecule has 0 radical (unpaired) electrons. The van der Waals surface area contributed by atoms with Crippen molar-refractivity contribution in [2.24, 2.45) is 5.73 Å². The van der Waals surface area contributed by atoms with Gasteiger partial charge >= 0.3 is 6.03 Å². The molecule has 1 aromatic carbocycles. The molecule has 0 aliphatic rings. The lowest BCUT2D eigenvalue weighted by molar-refractivity contribution is 0.0937. The Labute approximate surface area is 102 Å². The number of nitrogens with two attached hydrogens (primary N) is 1. The maximum Gasteiger partial charge on any atom is 0.330 e. The topological polar surface area (TPSA) is 84.2 Å². The SMILES string of the molecule is CSc1ccc(Cl)c(C(=O)NNC(N)=O)c1. The summed E-state index contributed by atoms with van der Waals surface area (Å²) >= 11 is 7.33. The summed E-state index contributed by atoms with van der Waals surface area (Å²) in [5, 5.41) is 0.307. The Morgan fingerprint density at radius 3 is 2.62 bits per heavy atom. The summed E-state index contributed by atoms with van der Waals surface area (Å²) in [6.07, 6.45) is 1.88. The normalized spacial score (nSPS) is 9.62. The van der Waals surface area contributed by atoms with Crippen LogP contribution in [0.3, 0.4) is 0 Å². The Balaban J connectivity index is 2.85. The molecule has 1 rings (SSSR count). The van der Waals surface area contributed by atoms with Crippen LogP contribution in [-0.4, -0.2) is 18.2 Å². The van der Waals surface area contributed by atoms with Crippen LogP contribution >= 0.6 is 23.4 Å². The van der Waals surface area contributed by atoms with Crippen molar-refractivity contribution in [2.75, 3.05) is 6.26 Å². The molecule has 0 saturated carbocycles. The first kappa shape index (κ1) is 12.7. The van der Waals surface area contributed by atoms with Gasteiger partial charge in [-0.3, -0.25) is 10.2 Å². The molecule has 4 N–H and O–H groups in total. The van der Waals surface area contributed by atoms with E-state index in [2.05, 4.69) is 5.43 Å². The highest BCUT2D eigenvalue weighted by Crippen LogP contribution is 2.22. The number of halogens is 1. The fourth-order valence-electron chi connectivity index (χ4n) is 0.991. The predicted octanol–water partition coefficient (Wildman–Crippen LogP) is 1.38. The Bertz CT molecular complexity index is 425. The van der Waals surface area contributed by atoms with Crippen molar-refractivity contribution >= 4 is 35.3 Å². The number of primary amides is 1. The highest BCUT2D eigenvalue weighted by molar-refractivity contribution is 7.98. The van der Waals surface area contributed by atoms with Gasteiger partial charge in [-0.15, -0.1) is 11.8 Å². The first-order valence-corrected chi connectivity index (χ1v) is 5.84. The van der Waals surface area contributed by atoms with Crippen LogP contribution in [0.25, 0.3) is 0 Å². The van der Waals surface area contributed by atoms with Gasteiger partial charge in [0.1, 0.15) is 0 Å². The second-order valence-electron chi connectivity index (χ2n) is 2.79. The third-order valence-corrected chi connectivity index (χ3v) is 2.77. The molecule has 0 heterocycles. The zero-order valence-corrected chi connectivity index (χ0v) is 9.98. The molecule has 7 heteroatoms. The van der Waals surface area contributed by atoms with E-state index in [-0.39, 0.29) is 5.56 Å². The van der Waals surface area contributed by atoms with Gasteiger partial charge in [-0.2, -0.15) is 0 Å². The third kappa shape index (κ3) is 3.32. The van der Waals surface area contributed by atoms with E-state index >= 15 is 0 Å². The van der Waals surface area contributed by atoms with Gasteiger partial charge < -0.3 is 5.73 Å². The Morgan fingerprint density at radius 1 is 1.38 bits per heavy atom. The lowest BCUT2D eigenvalue weighted by Crippen LogP contribution is -2.44. The van der Waals surface area contributed by atoms with Crippen molar-refractivity contribution in [3.05, 3.63) is 28.8 Å². The number of carbonyl (C=O) groups is 2. The van der Waals surface area contributed by atoms with Crippen molar-refractivity contribution in [3.63, 3.8) is 0 Å². The fourth-order valence-corrected chi connectivity index (χ4v) is 1.63. The van der Waals surface area contributed by atoms with Crippen LogP contribution < -0.4 is 16.6 Å². The van der Waals surface area contributed by atoms with Crippen LogP contribution in [0.2, 0.25) is 5.02 Å². The summed E-state index contributed by atoms with van der Waals surface area (Å²) < 4.78 is 0. The molecule has 0 bridgehead atoms. The Morgan fingerprint density at radius 2 is 2.06 bits per heavy atom. The number of hydrogen-bond donors (Lipinski definition) is 3. The molecule has 86 valence electrons. The fraction of sp³-hybridized carbons (Fsp3) is 0.111. The molecule has 5 nitrogen and oxygen atoms in total. The monoisotopic (exact) mass is 259 g/mol. The van der Waals surface area contributed by atoms with Gasteiger partial charge in [0, 0.05) is 4.90 Å². The molecule has 0 spiro atoms. The maximum atomic E-state index is 11.6. The van der Waals surface area contributed by atoms with Crippen LogP contribution in [0.5, 0.6) is 0 Å². The summed E-state index contributed by atoms with van der Waals surface area (Å²) in [6, 6.07) is 4.20. The number of thioether (sulfide) groups is 1. The summed E-state index contributed by atoms with van der Waals surface area (Å²) in [5.41, 5.74) is 9.21. The van der Waals surface area contributed by atoms with E-state index in [0.29, 0.717) is 5.02 Å². The second kappa shape index (κ2) is 5.62. The first-order valence-electron chi connectivity index (χ1n) is 4.24. The molecule has 16 heavy (non-hydrogen) atoms. The summed E-state index contributed by atoms with van der Waals surface area (Å²) in [4.78, 5) is 22.9. The first-order chi connectivity index (χ1) is 7.54. The minimum atomic E-state index is -0.842. The molecule has 0 aliphatic carbocycles. The Hall–Kier alpha value is -1.40. The van der Waals surface area contributed by atoms with Crippen molar-refractivity contribution < 1.29 is 9.59 Å². The van der Waals surface area contributed by atoms with E-state index in [4.69, 9.17) is 17.3 Å². The van der Waals surface area contributed by atoms with Crippen LogP contribution in [-0.2, 0) is 0 Å². The van der Waals surface area contributed by atoms with Crippen molar-refractivity contribution in [1.29, 1.82) is 0 Å². The lowest BCUT2D eigenvalue weighted by Gasteiger charge is -2.07. The zero-order valence-electron chi connectivity index (χ0n) is 8.41. The molecular weight excluding hydrogens is 250 g/mol. The minimum absolute atomic E-state index is 0.280. The smallest absolute Gasteiger partial charge is 0.330 e. The molecular formula is C9H10ClN3O2S. The van der Waals surface area contributed by atoms with Crippen LogP contribution in [0.1, 0.15) is 10.4 Å². The average Bonchev–Trinajstić information content (AvgIpc) is 2.26. The number of benzene rings is 1. The number of amides is 3. The molecule has 0 atom stereocenters. The Kier molecular flexibility index (Phi) is 4.45. The van der Waals surface area contributed by atoms with Gasteiger partial charge in [0.05, 0.1) is 10.6 Å². The van der Waals surface area contributed by atoms with E-state index in [9.17, 15) is 9.59 Å². The minimum Gasteiger partial charge on any atom is -0.350 e. The number of hydrogen-bond acceptors (Lipinski definition) is 3. The lowest BCUT2D eigenvalue weighted by atomic mass is 10.2. The predicted molar refractivity (Wildman–Crippen MR) is 63.4 cm³/mol. The number of carbonyl (C=O) groups excluding carboxylic acids is 2. The van der Waals surface area contributed by atoms with Gasteiger partial charge in [0.15, 0.2) is 0 Å². The summed E-state index contributed by atoms with van der Waals surface area (Å²) in [7, 11) is 0. The van der Waals surface area contributed by atoms with Crippen molar-refractivity contribution in [1.82, 2.24) is 10.9 Å². The number of nitrogens with one attached hydrogen (secondary N) is 2. The van der Waals surface area contributed by atoms with E-state index in [1.165, 1.54) is 11.8 Å². The van der Waals surface area contributed by atoms with Crippen LogP contribution in [0, 0.1) is 0 Å². The second-order valence-corrected chi connectivity index (χ2v) is 4.08. The molecule has 0 aliphatic heterocycles. The molecule has 0 unspecified atom stereocenters. The van der Waals surface area contributed by atoms with Gasteiger partial charge in [0.2, 0.25) is 0 Å². The quantitative estimate of drug-likeness (QED) is 0.554. The zero-order chi connectivity index (χ0) is 12.1. The van der Waals surface area contributed by atoms with E-state index in [0.717, 1.165) is 4.90 Å². The number of urea groups is 1. The third-order valence-electron chi connectivity index (χ3n) is 1.72. The average molecular weight is 260 g/mol. The van der Waals surface area contributed by atoms with E-state index in [1.54, 1.807) is 18.2 Å². The summed E-state index contributed by atoms with van der Waals surface area (Å²) in [5.74, 6) is -0.514.